The number of anilines is 2. The molecular formula is C51H56N2O2. The van der Waals surface area contributed by atoms with E-state index in [1.807, 2.05) is 36.4 Å². The summed E-state index contributed by atoms with van der Waals surface area (Å²) in [6.07, 6.45) is 0. The third kappa shape index (κ3) is 6.77. The SMILES string of the molecule is CC(C)c1cc(N)ccc1Oc1ccc(C2(c3ccc(Oc4ccc(N)cc4C(C)C)c(C(C)(C)C)c3)c3ccccc3-c3ccccc32)cc1C(C)(C)C. The molecule has 6 aromatic carbocycles. The predicted molar refractivity (Wildman–Crippen MR) is 231 cm³/mol. The Hall–Kier alpha value is -5.48. The van der Waals surface area contributed by atoms with Crippen molar-refractivity contribution in [3.05, 3.63) is 166 Å². The van der Waals surface area contributed by atoms with Crippen LogP contribution in [0.15, 0.2) is 121 Å². The second-order valence-electron chi connectivity index (χ2n) is 17.9. The molecule has 0 saturated heterocycles. The lowest BCUT2D eigenvalue weighted by molar-refractivity contribution is 0.447. The standard InChI is InChI=1S/C51H56N2O2/c1-31(2)39-29-35(52)21-25-45(39)54-47-23-19-33(27-43(47)49(5,6)7)51(41-17-13-11-15-37(41)38-16-12-14-18-42(38)51)34-20-24-48(44(28-34)50(8,9)10)55-46-26-22-36(53)30-40(46)32(3)4/h11-32H,52-53H2,1-10H3. The highest BCUT2D eigenvalue weighted by molar-refractivity contribution is 5.86. The number of nitrogen functional groups attached to an aromatic ring is 2. The van der Waals surface area contributed by atoms with Gasteiger partial charge < -0.3 is 20.9 Å². The molecule has 4 heteroatoms. The Bertz CT molecular complexity index is 2220. The molecule has 0 unspecified atom stereocenters. The fraction of sp³-hybridized carbons (Fsp3) is 0.294. The quantitative estimate of drug-likeness (QED) is 0.153. The van der Waals surface area contributed by atoms with Gasteiger partial charge in [0, 0.05) is 22.5 Å². The van der Waals surface area contributed by atoms with E-state index in [2.05, 4.69) is 154 Å². The van der Waals surface area contributed by atoms with Crippen molar-refractivity contribution in [2.75, 3.05) is 11.5 Å². The van der Waals surface area contributed by atoms with Crippen LogP contribution < -0.4 is 20.9 Å². The van der Waals surface area contributed by atoms with Gasteiger partial charge >= 0.3 is 0 Å². The Morgan fingerprint density at radius 1 is 0.455 bits per heavy atom. The number of ether oxygens (including phenoxy) is 2. The van der Waals surface area contributed by atoms with Crippen LogP contribution in [0.4, 0.5) is 11.4 Å². The molecule has 0 radical (unpaired) electrons. The van der Waals surface area contributed by atoms with Crippen LogP contribution in [0.3, 0.4) is 0 Å². The Kier molecular flexibility index (Phi) is 9.62. The van der Waals surface area contributed by atoms with Gasteiger partial charge in [-0.1, -0.05) is 130 Å². The summed E-state index contributed by atoms with van der Waals surface area (Å²) in [6, 6.07) is 43.4. The molecule has 0 atom stereocenters. The summed E-state index contributed by atoms with van der Waals surface area (Å²) in [7, 11) is 0. The smallest absolute Gasteiger partial charge is 0.131 e. The van der Waals surface area contributed by atoms with E-state index < -0.39 is 5.41 Å². The fourth-order valence-corrected chi connectivity index (χ4v) is 8.36. The zero-order chi connectivity index (χ0) is 39.4. The topological polar surface area (TPSA) is 70.5 Å². The van der Waals surface area contributed by atoms with Crippen molar-refractivity contribution in [1.82, 2.24) is 0 Å². The van der Waals surface area contributed by atoms with Crippen molar-refractivity contribution in [3.8, 4) is 34.1 Å². The van der Waals surface area contributed by atoms with Crippen molar-refractivity contribution in [2.24, 2.45) is 0 Å². The Balaban J connectivity index is 1.48. The molecule has 6 aromatic rings. The lowest BCUT2D eigenvalue weighted by Crippen LogP contribution is -2.30. The van der Waals surface area contributed by atoms with Gasteiger partial charge in [0.15, 0.2) is 0 Å². The number of hydrogen-bond acceptors (Lipinski definition) is 4. The van der Waals surface area contributed by atoms with Crippen LogP contribution in [0.5, 0.6) is 23.0 Å². The summed E-state index contributed by atoms with van der Waals surface area (Å²) >= 11 is 0. The summed E-state index contributed by atoms with van der Waals surface area (Å²) in [5.41, 5.74) is 24.8. The van der Waals surface area contributed by atoms with Crippen LogP contribution in [-0.4, -0.2) is 0 Å². The van der Waals surface area contributed by atoms with Crippen LogP contribution >= 0.6 is 0 Å². The maximum absolute atomic E-state index is 6.87. The van der Waals surface area contributed by atoms with E-state index in [4.69, 9.17) is 20.9 Å². The highest BCUT2D eigenvalue weighted by Gasteiger charge is 2.47. The van der Waals surface area contributed by atoms with E-state index in [1.165, 1.54) is 33.4 Å². The van der Waals surface area contributed by atoms with E-state index >= 15 is 0 Å². The highest BCUT2D eigenvalue weighted by atomic mass is 16.5. The molecule has 0 amide bonds. The van der Waals surface area contributed by atoms with Crippen molar-refractivity contribution < 1.29 is 9.47 Å². The van der Waals surface area contributed by atoms with Gasteiger partial charge in [0.2, 0.25) is 0 Å². The van der Waals surface area contributed by atoms with E-state index in [0.717, 1.165) is 56.6 Å². The summed E-state index contributed by atoms with van der Waals surface area (Å²) < 4.78 is 13.7. The molecule has 0 spiro atoms. The molecule has 0 aliphatic heterocycles. The molecule has 4 N–H and O–H groups in total. The molecule has 7 rings (SSSR count). The van der Waals surface area contributed by atoms with Gasteiger partial charge in [0.25, 0.3) is 0 Å². The molecule has 1 aliphatic rings. The molecule has 0 bridgehead atoms. The lowest BCUT2D eigenvalue weighted by atomic mass is 9.66. The van der Waals surface area contributed by atoms with Gasteiger partial charge in [0.05, 0.1) is 5.41 Å². The van der Waals surface area contributed by atoms with Crippen molar-refractivity contribution >= 4 is 11.4 Å². The number of rotatable bonds is 8. The fourth-order valence-electron chi connectivity index (χ4n) is 8.36. The first-order valence-corrected chi connectivity index (χ1v) is 19.6. The summed E-state index contributed by atoms with van der Waals surface area (Å²) in [5.74, 6) is 3.88. The first kappa shape index (κ1) is 37.8. The lowest BCUT2D eigenvalue weighted by Gasteiger charge is -2.37. The molecule has 1 aliphatic carbocycles. The monoisotopic (exact) mass is 728 g/mol. The molecule has 0 saturated carbocycles. The second kappa shape index (κ2) is 14.0. The normalized spacial score (nSPS) is 13.5. The number of fused-ring (bicyclic) bond motifs is 3. The molecule has 0 heterocycles. The molecule has 282 valence electrons. The predicted octanol–water partition coefficient (Wildman–Crippen LogP) is 13.6. The maximum atomic E-state index is 6.87. The second-order valence-corrected chi connectivity index (χ2v) is 17.9. The third-order valence-corrected chi connectivity index (χ3v) is 11.1. The van der Waals surface area contributed by atoms with Crippen LogP contribution in [-0.2, 0) is 16.2 Å². The van der Waals surface area contributed by atoms with Crippen LogP contribution in [0.25, 0.3) is 11.1 Å². The van der Waals surface area contributed by atoms with Gasteiger partial charge in [-0.25, -0.2) is 0 Å². The molecule has 4 nitrogen and oxygen atoms in total. The van der Waals surface area contributed by atoms with Gasteiger partial charge in [-0.2, -0.15) is 0 Å². The van der Waals surface area contributed by atoms with Crippen molar-refractivity contribution in [2.45, 2.75) is 97.3 Å². The van der Waals surface area contributed by atoms with Gasteiger partial charge in [-0.15, -0.1) is 0 Å². The third-order valence-electron chi connectivity index (χ3n) is 11.1. The minimum atomic E-state index is -0.612. The van der Waals surface area contributed by atoms with Gasteiger partial charge in [-0.3, -0.25) is 0 Å². The first-order valence-electron chi connectivity index (χ1n) is 19.6. The van der Waals surface area contributed by atoms with E-state index in [-0.39, 0.29) is 22.7 Å². The van der Waals surface area contributed by atoms with Crippen LogP contribution in [0, 0.1) is 0 Å². The first-order chi connectivity index (χ1) is 26.0. The number of nitrogens with two attached hydrogens (primary N) is 2. The maximum Gasteiger partial charge on any atom is 0.131 e. The average molecular weight is 729 g/mol. The minimum Gasteiger partial charge on any atom is -0.457 e. The van der Waals surface area contributed by atoms with Crippen LogP contribution in [0.2, 0.25) is 0 Å². The van der Waals surface area contributed by atoms with Crippen LogP contribution in [0.1, 0.15) is 126 Å². The Morgan fingerprint density at radius 2 is 0.818 bits per heavy atom. The summed E-state index contributed by atoms with van der Waals surface area (Å²) in [6.45, 7) is 22.3. The van der Waals surface area contributed by atoms with E-state index in [0.29, 0.717) is 0 Å². The van der Waals surface area contributed by atoms with Crippen molar-refractivity contribution in [1.29, 1.82) is 0 Å². The Labute approximate surface area is 328 Å². The number of benzene rings is 6. The number of hydrogen-bond donors (Lipinski definition) is 2. The van der Waals surface area contributed by atoms with E-state index in [1.54, 1.807) is 0 Å². The Morgan fingerprint density at radius 3 is 1.18 bits per heavy atom. The van der Waals surface area contributed by atoms with E-state index in [9.17, 15) is 0 Å². The van der Waals surface area contributed by atoms with Gasteiger partial charge in [-0.05, 0) is 128 Å². The zero-order valence-corrected chi connectivity index (χ0v) is 34.2. The molecular weight excluding hydrogens is 673 g/mol. The summed E-state index contributed by atoms with van der Waals surface area (Å²) in [5, 5.41) is 0. The molecule has 0 fully saturated rings. The largest absolute Gasteiger partial charge is 0.457 e. The molecule has 0 aromatic heterocycles. The average Bonchev–Trinajstić information content (AvgIpc) is 3.43. The summed E-state index contributed by atoms with van der Waals surface area (Å²) in [4.78, 5) is 0. The zero-order valence-electron chi connectivity index (χ0n) is 34.2. The van der Waals surface area contributed by atoms with Gasteiger partial charge in [0.1, 0.15) is 23.0 Å². The molecule has 55 heavy (non-hydrogen) atoms. The minimum absolute atomic E-state index is 0.225. The highest BCUT2D eigenvalue weighted by Crippen LogP contribution is 2.58. The van der Waals surface area contributed by atoms with Crippen molar-refractivity contribution in [3.63, 3.8) is 0 Å².